The molecular formula is C22H25N3O4S. The van der Waals surface area contributed by atoms with Gasteiger partial charge in [-0.2, -0.15) is 4.98 Å². The Morgan fingerprint density at radius 2 is 1.83 bits per heavy atom. The number of methoxy groups -OCH3 is 2. The zero-order chi connectivity index (χ0) is 21.5. The van der Waals surface area contributed by atoms with Crippen LogP contribution in [-0.4, -0.2) is 36.0 Å². The van der Waals surface area contributed by atoms with E-state index in [1.165, 1.54) is 17.3 Å². The second kappa shape index (κ2) is 10.2. The van der Waals surface area contributed by atoms with Gasteiger partial charge in [-0.1, -0.05) is 31.1 Å². The third kappa shape index (κ3) is 5.54. The van der Waals surface area contributed by atoms with Crippen LogP contribution < -0.4 is 14.8 Å². The zero-order valence-electron chi connectivity index (χ0n) is 17.5. The normalized spacial score (nSPS) is 10.8. The average molecular weight is 428 g/mol. The van der Waals surface area contributed by atoms with Crippen molar-refractivity contribution < 1.29 is 18.8 Å². The van der Waals surface area contributed by atoms with Crippen LogP contribution in [0.15, 0.2) is 47.0 Å². The molecule has 3 aromatic rings. The number of anilines is 1. The highest BCUT2D eigenvalue weighted by molar-refractivity contribution is 7.99. The van der Waals surface area contributed by atoms with Gasteiger partial charge >= 0.3 is 0 Å². The van der Waals surface area contributed by atoms with Crippen molar-refractivity contribution in [3.8, 4) is 22.9 Å². The summed E-state index contributed by atoms with van der Waals surface area (Å²) >= 11 is 1.41. The molecule has 0 fully saturated rings. The van der Waals surface area contributed by atoms with Crippen molar-refractivity contribution in [2.75, 3.05) is 25.3 Å². The van der Waals surface area contributed by atoms with Gasteiger partial charge in [-0.05, 0) is 41.8 Å². The van der Waals surface area contributed by atoms with E-state index in [9.17, 15) is 4.79 Å². The minimum Gasteiger partial charge on any atom is -0.493 e. The van der Waals surface area contributed by atoms with Crippen LogP contribution in [-0.2, 0) is 10.5 Å². The molecule has 158 valence electrons. The fourth-order valence-corrected chi connectivity index (χ4v) is 3.44. The molecule has 0 unspecified atom stereocenters. The van der Waals surface area contributed by atoms with Gasteiger partial charge in [0.2, 0.25) is 17.6 Å². The molecule has 1 N–H and O–H groups in total. The highest BCUT2D eigenvalue weighted by Gasteiger charge is 2.13. The predicted octanol–water partition coefficient (Wildman–Crippen LogP) is 4.75. The molecule has 3 rings (SSSR count). The van der Waals surface area contributed by atoms with Gasteiger partial charge in [0, 0.05) is 11.3 Å². The Labute approximate surface area is 180 Å². The summed E-state index contributed by atoms with van der Waals surface area (Å²) in [6, 6.07) is 13.3. The smallest absolute Gasteiger partial charge is 0.236 e. The van der Waals surface area contributed by atoms with Crippen LogP contribution in [0.2, 0.25) is 0 Å². The van der Waals surface area contributed by atoms with E-state index >= 15 is 0 Å². The highest BCUT2D eigenvalue weighted by Crippen LogP contribution is 2.31. The number of carbonyl (C=O) groups is 1. The van der Waals surface area contributed by atoms with Gasteiger partial charge < -0.3 is 19.3 Å². The Kier molecular flexibility index (Phi) is 7.35. The zero-order valence-corrected chi connectivity index (χ0v) is 18.3. The van der Waals surface area contributed by atoms with Crippen molar-refractivity contribution in [1.29, 1.82) is 0 Å². The van der Waals surface area contributed by atoms with Crippen LogP contribution in [0, 0.1) is 0 Å². The van der Waals surface area contributed by atoms with E-state index in [2.05, 4.69) is 29.3 Å². The lowest BCUT2D eigenvalue weighted by molar-refractivity contribution is -0.113. The van der Waals surface area contributed by atoms with E-state index in [1.807, 2.05) is 30.3 Å². The Balaban J connectivity index is 1.51. The maximum Gasteiger partial charge on any atom is 0.236 e. The van der Waals surface area contributed by atoms with Gasteiger partial charge in [0.1, 0.15) is 0 Å². The van der Waals surface area contributed by atoms with E-state index in [4.69, 9.17) is 14.0 Å². The van der Waals surface area contributed by atoms with Gasteiger partial charge in [0.15, 0.2) is 11.5 Å². The Hall–Kier alpha value is -3.00. The molecule has 0 radical (unpaired) electrons. The lowest BCUT2D eigenvalue weighted by Gasteiger charge is -2.08. The monoisotopic (exact) mass is 427 g/mol. The third-order valence-corrected chi connectivity index (χ3v) is 5.35. The third-order valence-electron chi connectivity index (χ3n) is 4.43. The number of rotatable bonds is 9. The first-order valence-electron chi connectivity index (χ1n) is 9.52. The lowest BCUT2D eigenvalue weighted by Crippen LogP contribution is -2.14. The molecule has 0 spiro atoms. The summed E-state index contributed by atoms with van der Waals surface area (Å²) in [5.41, 5.74) is 2.79. The molecular weight excluding hydrogens is 402 g/mol. The van der Waals surface area contributed by atoms with Crippen LogP contribution in [0.1, 0.15) is 31.2 Å². The number of carbonyl (C=O) groups excluding carboxylic acids is 1. The van der Waals surface area contributed by atoms with Crippen LogP contribution in [0.4, 0.5) is 5.69 Å². The summed E-state index contributed by atoms with van der Waals surface area (Å²) in [6.07, 6.45) is 0. The van der Waals surface area contributed by atoms with Crippen LogP contribution in [0.25, 0.3) is 11.4 Å². The summed E-state index contributed by atoms with van der Waals surface area (Å²) in [4.78, 5) is 16.5. The highest BCUT2D eigenvalue weighted by atomic mass is 32.2. The van der Waals surface area contributed by atoms with E-state index in [0.717, 1.165) is 11.3 Å². The molecule has 0 atom stereocenters. The van der Waals surface area contributed by atoms with Crippen LogP contribution >= 0.6 is 11.8 Å². The van der Waals surface area contributed by atoms with Crippen molar-refractivity contribution in [3.63, 3.8) is 0 Å². The van der Waals surface area contributed by atoms with E-state index in [-0.39, 0.29) is 5.91 Å². The van der Waals surface area contributed by atoms with E-state index in [1.54, 1.807) is 26.4 Å². The molecule has 0 aliphatic rings. The van der Waals surface area contributed by atoms with Gasteiger partial charge in [-0.25, -0.2) is 0 Å². The first-order chi connectivity index (χ1) is 14.5. The molecule has 7 nitrogen and oxygen atoms in total. The molecule has 0 aliphatic heterocycles. The minimum absolute atomic E-state index is 0.0723. The second-order valence-electron chi connectivity index (χ2n) is 6.90. The Morgan fingerprint density at radius 1 is 1.10 bits per heavy atom. The molecule has 2 aromatic carbocycles. The topological polar surface area (TPSA) is 86.5 Å². The average Bonchev–Trinajstić information content (AvgIpc) is 3.22. The Morgan fingerprint density at radius 3 is 2.50 bits per heavy atom. The molecule has 30 heavy (non-hydrogen) atoms. The predicted molar refractivity (Wildman–Crippen MR) is 118 cm³/mol. The number of aromatic nitrogens is 2. The first kappa shape index (κ1) is 21.7. The van der Waals surface area contributed by atoms with Crippen molar-refractivity contribution >= 4 is 23.4 Å². The molecule has 0 saturated carbocycles. The van der Waals surface area contributed by atoms with Gasteiger partial charge in [0.25, 0.3) is 0 Å². The molecule has 8 heteroatoms. The summed E-state index contributed by atoms with van der Waals surface area (Å²) in [5.74, 6) is 3.26. The molecule has 0 saturated heterocycles. The molecule has 1 aromatic heterocycles. The van der Waals surface area contributed by atoms with Crippen LogP contribution in [0.3, 0.4) is 0 Å². The van der Waals surface area contributed by atoms with Gasteiger partial charge in [0.05, 0.1) is 25.7 Å². The van der Waals surface area contributed by atoms with Crippen molar-refractivity contribution in [3.05, 3.63) is 53.9 Å². The Bertz CT molecular complexity index is 986. The first-order valence-corrected chi connectivity index (χ1v) is 10.7. The number of nitrogens with one attached hydrogen (secondary N) is 1. The van der Waals surface area contributed by atoms with Crippen molar-refractivity contribution in [2.45, 2.75) is 25.5 Å². The van der Waals surface area contributed by atoms with E-state index < -0.39 is 0 Å². The SMILES string of the molecule is COc1ccc(-c2noc(CSCC(=O)Nc3ccc(C(C)C)cc3)n2)cc1OC. The van der Waals surface area contributed by atoms with Crippen molar-refractivity contribution in [1.82, 2.24) is 10.1 Å². The summed E-state index contributed by atoms with van der Waals surface area (Å²) in [6.45, 7) is 4.27. The lowest BCUT2D eigenvalue weighted by atomic mass is 10.0. The minimum atomic E-state index is -0.0723. The standard InChI is InChI=1S/C22H25N3O4S/c1-14(2)15-5-8-17(9-6-15)23-20(26)12-30-13-21-24-22(25-29-21)16-7-10-18(27-3)19(11-16)28-4/h5-11,14H,12-13H2,1-4H3,(H,23,26). The van der Waals surface area contributed by atoms with Crippen molar-refractivity contribution in [2.24, 2.45) is 0 Å². The molecule has 1 amide bonds. The summed E-state index contributed by atoms with van der Waals surface area (Å²) in [5, 5.41) is 6.91. The number of hydrogen-bond acceptors (Lipinski definition) is 7. The van der Waals surface area contributed by atoms with Gasteiger partial charge in [-0.15, -0.1) is 11.8 Å². The molecule has 0 bridgehead atoms. The number of nitrogens with zero attached hydrogens (tertiary/aromatic N) is 2. The van der Waals surface area contributed by atoms with Crippen LogP contribution in [0.5, 0.6) is 11.5 Å². The number of amides is 1. The van der Waals surface area contributed by atoms with E-state index in [0.29, 0.717) is 40.6 Å². The van der Waals surface area contributed by atoms with Gasteiger partial charge in [-0.3, -0.25) is 4.79 Å². The largest absolute Gasteiger partial charge is 0.493 e. The maximum absolute atomic E-state index is 12.2. The summed E-state index contributed by atoms with van der Waals surface area (Å²) in [7, 11) is 3.15. The maximum atomic E-state index is 12.2. The molecule has 0 aliphatic carbocycles. The quantitative estimate of drug-likeness (QED) is 0.527. The number of benzene rings is 2. The number of thioether (sulfide) groups is 1. The number of ether oxygens (including phenoxy) is 2. The second-order valence-corrected chi connectivity index (χ2v) is 7.88. The summed E-state index contributed by atoms with van der Waals surface area (Å²) < 4.78 is 15.8. The fourth-order valence-electron chi connectivity index (χ4n) is 2.79. The fraction of sp³-hybridized carbons (Fsp3) is 0.318. The molecule has 1 heterocycles. The number of hydrogen-bond donors (Lipinski definition) is 1.